The minimum Gasteiger partial charge on any atom is -0.313 e. The molecule has 0 amide bonds. The van der Waals surface area contributed by atoms with Gasteiger partial charge in [-0.25, -0.2) is 12.7 Å². The van der Waals surface area contributed by atoms with E-state index in [1.807, 2.05) is 0 Å². The van der Waals surface area contributed by atoms with Crippen molar-refractivity contribution in [1.82, 2.24) is 9.62 Å². The molecule has 118 valence electrons. The summed E-state index contributed by atoms with van der Waals surface area (Å²) in [5.74, 6) is 1.38. The molecule has 1 saturated heterocycles. The zero-order valence-corrected chi connectivity index (χ0v) is 14.2. The molecule has 2 aliphatic rings. The van der Waals surface area contributed by atoms with Crippen molar-refractivity contribution in [2.75, 3.05) is 25.9 Å². The summed E-state index contributed by atoms with van der Waals surface area (Å²) in [4.78, 5) is 0. The smallest absolute Gasteiger partial charge is 0.211 e. The second-order valence-corrected chi connectivity index (χ2v) is 9.65. The maximum Gasteiger partial charge on any atom is 0.211 e. The second-order valence-electron chi connectivity index (χ2n) is 7.67. The molecule has 5 heteroatoms. The van der Waals surface area contributed by atoms with Gasteiger partial charge in [-0.05, 0) is 49.5 Å². The molecule has 2 atom stereocenters. The summed E-state index contributed by atoms with van der Waals surface area (Å²) in [6.07, 6.45) is 5.86. The van der Waals surface area contributed by atoms with Crippen LogP contribution in [0.3, 0.4) is 0 Å². The van der Waals surface area contributed by atoms with E-state index in [9.17, 15) is 8.42 Å². The monoisotopic (exact) mass is 302 g/mol. The first-order chi connectivity index (χ1) is 9.17. The molecule has 0 aromatic rings. The minimum atomic E-state index is -2.99. The van der Waals surface area contributed by atoms with Crippen LogP contribution >= 0.6 is 0 Å². The number of piperidine rings is 1. The summed E-state index contributed by atoms with van der Waals surface area (Å²) in [6.45, 7) is 9.49. The molecule has 20 heavy (non-hydrogen) atoms. The fraction of sp³-hybridized carbons (Fsp3) is 1.00. The number of nitrogens with one attached hydrogen (secondary N) is 1. The SMILES string of the molecule is C[C@@H]1CC(C)(C)C[C@H]1NCC1CCN(S(C)(=O)=O)CC1. The molecule has 1 aliphatic heterocycles. The Labute approximate surface area is 124 Å². The summed E-state index contributed by atoms with van der Waals surface area (Å²) >= 11 is 0. The largest absolute Gasteiger partial charge is 0.313 e. The molecule has 1 N–H and O–H groups in total. The van der Waals surface area contributed by atoms with Crippen LogP contribution in [0.25, 0.3) is 0 Å². The van der Waals surface area contributed by atoms with Gasteiger partial charge >= 0.3 is 0 Å². The van der Waals surface area contributed by atoms with E-state index in [2.05, 4.69) is 26.1 Å². The lowest BCUT2D eigenvalue weighted by Gasteiger charge is -2.31. The van der Waals surface area contributed by atoms with E-state index in [1.165, 1.54) is 19.1 Å². The Morgan fingerprint density at radius 3 is 2.25 bits per heavy atom. The third-order valence-electron chi connectivity index (χ3n) is 5.05. The van der Waals surface area contributed by atoms with E-state index in [-0.39, 0.29) is 0 Å². The van der Waals surface area contributed by atoms with Gasteiger partial charge in [-0.3, -0.25) is 0 Å². The second kappa shape index (κ2) is 5.93. The van der Waals surface area contributed by atoms with Gasteiger partial charge in [-0.1, -0.05) is 20.8 Å². The van der Waals surface area contributed by atoms with Crippen molar-refractivity contribution in [1.29, 1.82) is 0 Å². The zero-order valence-electron chi connectivity index (χ0n) is 13.4. The number of sulfonamides is 1. The van der Waals surface area contributed by atoms with Crippen molar-refractivity contribution >= 4 is 10.0 Å². The molecule has 0 aromatic heterocycles. The van der Waals surface area contributed by atoms with E-state index in [4.69, 9.17) is 0 Å². The summed E-state index contributed by atoms with van der Waals surface area (Å²) in [6, 6.07) is 0.637. The Bertz CT molecular complexity index is 425. The van der Waals surface area contributed by atoms with Gasteiger partial charge in [0.05, 0.1) is 6.26 Å². The molecule has 4 nitrogen and oxygen atoms in total. The summed E-state index contributed by atoms with van der Waals surface area (Å²) < 4.78 is 24.6. The van der Waals surface area contributed by atoms with Gasteiger partial charge in [0.25, 0.3) is 0 Å². The average Bonchev–Trinajstić information content (AvgIpc) is 2.59. The van der Waals surface area contributed by atoms with Gasteiger partial charge in [-0.2, -0.15) is 0 Å². The Kier molecular flexibility index (Phi) is 4.82. The molecule has 0 bridgehead atoms. The molecule has 1 heterocycles. The number of nitrogens with zero attached hydrogens (tertiary/aromatic N) is 1. The zero-order chi connectivity index (χ0) is 15.0. The predicted molar refractivity (Wildman–Crippen MR) is 83.1 cm³/mol. The minimum absolute atomic E-state index is 0.469. The maximum atomic E-state index is 11.5. The fourth-order valence-corrected chi connectivity index (χ4v) is 4.80. The van der Waals surface area contributed by atoms with Crippen LogP contribution in [0.5, 0.6) is 0 Å². The number of rotatable bonds is 4. The van der Waals surface area contributed by atoms with Crippen molar-refractivity contribution in [3.8, 4) is 0 Å². The van der Waals surface area contributed by atoms with Crippen LogP contribution in [0.1, 0.15) is 46.5 Å². The quantitative estimate of drug-likeness (QED) is 0.865. The van der Waals surface area contributed by atoms with Crippen LogP contribution < -0.4 is 5.32 Å². The van der Waals surface area contributed by atoms with Crippen molar-refractivity contribution in [2.45, 2.75) is 52.5 Å². The predicted octanol–water partition coefficient (Wildman–Crippen LogP) is 2.07. The van der Waals surface area contributed by atoms with Gasteiger partial charge < -0.3 is 5.32 Å². The first-order valence-corrected chi connectivity index (χ1v) is 9.71. The van der Waals surface area contributed by atoms with Crippen LogP contribution in [0.2, 0.25) is 0 Å². The van der Waals surface area contributed by atoms with Crippen molar-refractivity contribution in [3.63, 3.8) is 0 Å². The summed E-state index contributed by atoms with van der Waals surface area (Å²) in [7, 11) is -2.99. The fourth-order valence-electron chi connectivity index (χ4n) is 3.93. The van der Waals surface area contributed by atoms with Crippen LogP contribution in [-0.2, 0) is 10.0 Å². The Hall–Kier alpha value is -0.130. The van der Waals surface area contributed by atoms with Crippen molar-refractivity contribution in [3.05, 3.63) is 0 Å². The average molecular weight is 302 g/mol. The molecule has 0 radical (unpaired) electrons. The van der Waals surface area contributed by atoms with Gasteiger partial charge in [0.2, 0.25) is 10.0 Å². The molecule has 0 unspecified atom stereocenters. The topological polar surface area (TPSA) is 49.4 Å². The maximum absolute atomic E-state index is 11.5. The molecular formula is C15H30N2O2S. The van der Waals surface area contributed by atoms with Crippen LogP contribution in [0.4, 0.5) is 0 Å². The third-order valence-corrected chi connectivity index (χ3v) is 6.35. The van der Waals surface area contributed by atoms with Gasteiger partial charge in [-0.15, -0.1) is 0 Å². The molecule has 2 fully saturated rings. The lowest BCUT2D eigenvalue weighted by atomic mass is 9.91. The van der Waals surface area contributed by atoms with E-state index < -0.39 is 10.0 Å². The van der Waals surface area contributed by atoms with Crippen LogP contribution in [0.15, 0.2) is 0 Å². The van der Waals surface area contributed by atoms with Gasteiger partial charge in [0, 0.05) is 19.1 Å². The first-order valence-electron chi connectivity index (χ1n) is 7.86. The highest BCUT2D eigenvalue weighted by molar-refractivity contribution is 7.88. The Balaban J connectivity index is 1.74. The van der Waals surface area contributed by atoms with Crippen molar-refractivity contribution in [2.24, 2.45) is 17.3 Å². The molecular weight excluding hydrogens is 272 g/mol. The van der Waals surface area contributed by atoms with Gasteiger partial charge in [0.15, 0.2) is 0 Å². The summed E-state index contributed by atoms with van der Waals surface area (Å²) in [5.41, 5.74) is 0.469. The highest BCUT2D eigenvalue weighted by Crippen LogP contribution is 2.40. The highest BCUT2D eigenvalue weighted by atomic mass is 32.2. The molecule has 0 aromatic carbocycles. The standard InChI is InChI=1S/C15H30N2O2S/c1-12-9-15(2,3)10-14(12)16-11-13-5-7-17(8-6-13)20(4,18)19/h12-14,16H,5-11H2,1-4H3/t12-,14-/m1/s1. The highest BCUT2D eigenvalue weighted by Gasteiger charge is 2.36. The molecule has 1 saturated carbocycles. The first kappa shape index (κ1) is 16.2. The molecule has 0 spiro atoms. The summed E-state index contributed by atoms with van der Waals surface area (Å²) in [5, 5.41) is 3.74. The Morgan fingerprint density at radius 2 is 1.80 bits per heavy atom. The van der Waals surface area contributed by atoms with Crippen LogP contribution in [0, 0.1) is 17.3 Å². The number of hydrogen-bond donors (Lipinski definition) is 1. The van der Waals surface area contributed by atoms with E-state index in [1.54, 1.807) is 4.31 Å². The van der Waals surface area contributed by atoms with Gasteiger partial charge in [0.1, 0.15) is 0 Å². The normalized spacial score (nSPS) is 32.6. The number of hydrogen-bond acceptors (Lipinski definition) is 3. The molecule has 1 aliphatic carbocycles. The lowest BCUT2D eigenvalue weighted by molar-refractivity contribution is 0.256. The van der Waals surface area contributed by atoms with E-state index in [0.29, 0.717) is 30.5 Å². The van der Waals surface area contributed by atoms with Crippen LogP contribution in [-0.4, -0.2) is 44.7 Å². The molecule has 2 rings (SSSR count). The third kappa shape index (κ3) is 4.18. The van der Waals surface area contributed by atoms with Crippen molar-refractivity contribution < 1.29 is 8.42 Å². The van der Waals surface area contributed by atoms with E-state index >= 15 is 0 Å². The lowest BCUT2D eigenvalue weighted by Crippen LogP contribution is -2.42. The van der Waals surface area contributed by atoms with E-state index in [0.717, 1.165) is 25.3 Å². The Morgan fingerprint density at radius 1 is 1.20 bits per heavy atom.